The minimum Gasteiger partial charge on any atom is -0.497 e. The Morgan fingerprint density at radius 3 is 2.59 bits per heavy atom. The summed E-state index contributed by atoms with van der Waals surface area (Å²) in [5, 5.41) is 3.63. The number of methoxy groups -OCH3 is 1. The van der Waals surface area contributed by atoms with Gasteiger partial charge < -0.3 is 10.1 Å². The third-order valence-corrected chi connectivity index (χ3v) is 7.95. The zero-order chi connectivity index (χ0) is 24.3. The molecule has 4 rings (SSSR count). The van der Waals surface area contributed by atoms with Crippen molar-refractivity contribution in [2.24, 2.45) is 5.92 Å². The number of fused-ring (bicyclic) bond motifs is 2. The van der Waals surface area contributed by atoms with Crippen LogP contribution in [-0.2, 0) is 16.3 Å². The van der Waals surface area contributed by atoms with Gasteiger partial charge in [-0.2, -0.15) is 0 Å². The van der Waals surface area contributed by atoms with Gasteiger partial charge in [0.25, 0.3) is 5.91 Å². The Morgan fingerprint density at radius 1 is 1.15 bits per heavy atom. The molecule has 0 fully saturated rings. The third kappa shape index (κ3) is 5.14. The minimum atomic E-state index is -3.16. The maximum absolute atomic E-state index is 13.4. The van der Waals surface area contributed by atoms with E-state index in [2.05, 4.69) is 18.3 Å². The van der Waals surface area contributed by atoms with Crippen LogP contribution in [0.2, 0.25) is 0 Å². The molecule has 34 heavy (non-hydrogen) atoms. The highest BCUT2D eigenvalue weighted by molar-refractivity contribution is 7.91. The summed E-state index contributed by atoms with van der Waals surface area (Å²) in [6, 6.07) is 15.5. The fourth-order valence-corrected chi connectivity index (χ4v) is 5.15. The average molecular weight is 479 g/mol. The van der Waals surface area contributed by atoms with Crippen molar-refractivity contribution in [3.63, 3.8) is 0 Å². The molecule has 6 nitrogen and oxygen atoms in total. The van der Waals surface area contributed by atoms with Gasteiger partial charge in [0.2, 0.25) is 0 Å². The van der Waals surface area contributed by atoms with Gasteiger partial charge in [-0.15, -0.1) is 0 Å². The molecule has 0 saturated heterocycles. The van der Waals surface area contributed by atoms with Crippen LogP contribution in [0.1, 0.15) is 47.4 Å². The highest BCUT2D eigenvalue weighted by Crippen LogP contribution is 2.38. The predicted octanol–water partition coefficient (Wildman–Crippen LogP) is 4.53. The molecular weight excluding hydrogens is 448 g/mol. The molecule has 1 amide bonds. The molecule has 1 N–H and O–H groups in total. The van der Waals surface area contributed by atoms with Gasteiger partial charge in [-0.1, -0.05) is 44.2 Å². The molecule has 0 spiro atoms. The zero-order valence-electron chi connectivity index (χ0n) is 19.8. The average Bonchev–Trinajstić information content (AvgIpc) is 2.83. The number of aromatic nitrogens is 1. The highest BCUT2D eigenvalue weighted by atomic mass is 32.2. The van der Waals surface area contributed by atoms with Crippen molar-refractivity contribution in [3.05, 3.63) is 70.9 Å². The largest absolute Gasteiger partial charge is 0.497 e. The van der Waals surface area contributed by atoms with Gasteiger partial charge in [-0.3, -0.25) is 4.79 Å². The van der Waals surface area contributed by atoms with E-state index in [-0.39, 0.29) is 24.0 Å². The maximum Gasteiger partial charge on any atom is 0.252 e. The quantitative estimate of drug-likeness (QED) is 0.539. The summed E-state index contributed by atoms with van der Waals surface area (Å²) in [7, 11) is -1.51. The van der Waals surface area contributed by atoms with Crippen molar-refractivity contribution in [3.8, 4) is 5.75 Å². The Hall–Kier alpha value is -3.19. The van der Waals surface area contributed by atoms with Gasteiger partial charge in [0, 0.05) is 17.7 Å². The van der Waals surface area contributed by atoms with Crippen LogP contribution in [0, 0.1) is 5.92 Å². The maximum atomic E-state index is 13.4. The number of allylic oxidation sites excluding steroid dienone is 1. The van der Waals surface area contributed by atoms with Crippen LogP contribution >= 0.6 is 0 Å². The van der Waals surface area contributed by atoms with Crippen molar-refractivity contribution >= 4 is 38.3 Å². The number of nitrogens with one attached hydrogen (secondary N) is 1. The van der Waals surface area contributed by atoms with E-state index >= 15 is 0 Å². The fraction of sp³-hybridized carbons (Fsp3) is 0.333. The first kappa shape index (κ1) is 24.0. The highest BCUT2D eigenvalue weighted by Gasteiger charge is 2.28. The Balaban J connectivity index is 1.78. The Kier molecular flexibility index (Phi) is 7.03. The molecule has 3 aromatic rings. The summed E-state index contributed by atoms with van der Waals surface area (Å²) in [6.45, 7) is 3.88. The lowest BCUT2D eigenvalue weighted by Gasteiger charge is -2.27. The summed E-state index contributed by atoms with van der Waals surface area (Å²) in [5.74, 6) is 0.881. The molecule has 7 heteroatoms. The van der Waals surface area contributed by atoms with Crippen LogP contribution < -0.4 is 10.1 Å². The van der Waals surface area contributed by atoms with E-state index in [4.69, 9.17) is 9.72 Å². The van der Waals surface area contributed by atoms with Gasteiger partial charge in [-0.25, -0.2) is 13.4 Å². The second-order valence-electron chi connectivity index (χ2n) is 8.78. The van der Waals surface area contributed by atoms with Crippen molar-refractivity contribution < 1.29 is 17.9 Å². The van der Waals surface area contributed by atoms with Crippen molar-refractivity contribution in [2.75, 3.05) is 25.2 Å². The van der Waals surface area contributed by atoms with E-state index in [0.29, 0.717) is 11.5 Å². The molecule has 1 atom stereocenters. The SMILES string of the molecule is CCS(=O)(=O)CCNC(=O)c1c2c(nc3ccccc13)/C(=C\c1ccc(OC)cc1)CC(C)C2. The molecule has 1 aromatic heterocycles. The summed E-state index contributed by atoms with van der Waals surface area (Å²) in [6.07, 6.45) is 3.73. The molecule has 1 aliphatic carbocycles. The number of sulfone groups is 1. The lowest BCUT2D eigenvalue weighted by atomic mass is 9.80. The van der Waals surface area contributed by atoms with Crippen LogP contribution in [-0.4, -0.2) is 44.5 Å². The Bertz CT molecular complexity index is 1350. The van der Waals surface area contributed by atoms with Crippen LogP contribution in [0.3, 0.4) is 0 Å². The second kappa shape index (κ2) is 9.97. The van der Waals surface area contributed by atoms with E-state index < -0.39 is 9.84 Å². The van der Waals surface area contributed by atoms with E-state index in [1.54, 1.807) is 14.0 Å². The number of hydrogen-bond acceptors (Lipinski definition) is 5. The number of benzene rings is 2. The molecule has 0 bridgehead atoms. The van der Waals surface area contributed by atoms with Gasteiger partial charge in [0.15, 0.2) is 9.84 Å². The molecule has 0 aliphatic heterocycles. The lowest BCUT2D eigenvalue weighted by molar-refractivity contribution is 0.0956. The molecule has 2 aromatic carbocycles. The summed E-state index contributed by atoms with van der Waals surface area (Å²) in [5.41, 5.74) is 5.25. The van der Waals surface area contributed by atoms with E-state index in [1.807, 2.05) is 48.5 Å². The summed E-state index contributed by atoms with van der Waals surface area (Å²) < 4.78 is 29.0. The van der Waals surface area contributed by atoms with Crippen LogP contribution in [0.25, 0.3) is 22.6 Å². The van der Waals surface area contributed by atoms with Gasteiger partial charge in [-0.05, 0) is 59.7 Å². The molecule has 0 saturated carbocycles. The number of para-hydroxylation sites is 1. The monoisotopic (exact) mass is 478 g/mol. The molecule has 1 unspecified atom stereocenters. The topological polar surface area (TPSA) is 85.4 Å². The van der Waals surface area contributed by atoms with Crippen molar-refractivity contribution in [1.29, 1.82) is 0 Å². The van der Waals surface area contributed by atoms with Crippen LogP contribution in [0.4, 0.5) is 0 Å². The molecule has 1 aliphatic rings. The van der Waals surface area contributed by atoms with Crippen LogP contribution in [0.15, 0.2) is 48.5 Å². The number of hydrogen-bond donors (Lipinski definition) is 1. The van der Waals surface area contributed by atoms with Gasteiger partial charge >= 0.3 is 0 Å². The Labute approximate surface area is 201 Å². The zero-order valence-corrected chi connectivity index (χ0v) is 20.6. The smallest absolute Gasteiger partial charge is 0.252 e. The molecular formula is C27H30N2O4S. The third-order valence-electron chi connectivity index (χ3n) is 6.24. The second-order valence-corrected chi connectivity index (χ2v) is 11.3. The van der Waals surface area contributed by atoms with Gasteiger partial charge in [0.1, 0.15) is 5.75 Å². The van der Waals surface area contributed by atoms with E-state index in [0.717, 1.165) is 51.9 Å². The first-order valence-electron chi connectivity index (χ1n) is 11.6. The number of nitrogens with zero attached hydrogens (tertiary/aromatic N) is 1. The van der Waals surface area contributed by atoms with E-state index in [1.165, 1.54) is 0 Å². The number of carbonyl (C=O) groups excluding carboxylic acids is 1. The lowest BCUT2D eigenvalue weighted by Crippen LogP contribution is -2.31. The summed E-state index contributed by atoms with van der Waals surface area (Å²) >= 11 is 0. The molecule has 1 heterocycles. The first-order chi connectivity index (χ1) is 16.3. The number of carbonyl (C=O) groups is 1. The van der Waals surface area contributed by atoms with Crippen molar-refractivity contribution in [1.82, 2.24) is 10.3 Å². The Morgan fingerprint density at radius 2 is 1.88 bits per heavy atom. The van der Waals surface area contributed by atoms with E-state index in [9.17, 15) is 13.2 Å². The fourth-order valence-electron chi connectivity index (χ4n) is 4.45. The number of amides is 1. The van der Waals surface area contributed by atoms with Gasteiger partial charge in [0.05, 0.1) is 29.6 Å². The predicted molar refractivity (Wildman–Crippen MR) is 137 cm³/mol. The van der Waals surface area contributed by atoms with Crippen molar-refractivity contribution in [2.45, 2.75) is 26.7 Å². The number of rotatable bonds is 7. The van der Waals surface area contributed by atoms with Crippen LogP contribution in [0.5, 0.6) is 5.75 Å². The standard InChI is InChI=1S/C27H30N2O4S/c1-4-34(31,32)14-13-28-27(30)25-22-7-5-6-8-24(22)29-26-20(15-18(2)16-23(25)26)17-19-9-11-21(33-3)12-10-19/h5-12,17-18H,4,13-16H2,1-3H3,(H,28,30)/b20-17-. The normalized spacial score (nSPS) is 16.9. The minimum absolute atomic E-state index is 0.0630. The molecule has 178 valence electrons. The number of ether oxygens (including phenoxy) is 1. The summed E-state index contributed by atoms with van der Waals surface area (Å²) in [4.78, 5) is 18.3. The number of pyridine rings is 1. The molecule has 0 radical (unpaired) electrons. The first-order valence-corrected chi connectivity index (χ1v) is 13.4.